The van der Waals surface area contributed by atoms with Gasteiger partial charge in [-0.3, -0.25) is 9.59 Å². The largest absolute Gasteiger partial charge is 0.496 e. The number of benzene rings is 1. The second kappa shape index (κ2) is 6.78. The third kappa shape index (κ3) is 3.65. The average Bonchev–Trinajstić information content (AvgIpc) is 2.46. The molecule has 0 aromatic heterocycles. The van der Waals surface area contributed by atoms with Gasteiger partial charge in [-0.05, 0) is 18.2 Å². The van der Waals surface area contributed by atoms with Gasteiger partial charge >= 0.3 is 5.97 Å². The summed E-state index contributed by atoms with van der Waals surface area (Å²) in [6.07, 6.45) is -0.151. The van der Waals surface area contributed by atoms with Gasteiger partial charge in [0.25, 0.3) is 5.91 Å². The Labute approximate surface area is 127 Å². The van der Waals surface area contributed by atoms with Crippen molar-refractivity contribution in [3.8, 4) is 5.75 Å². The zero-order valence-electron chi connectivity index (χ0n) is 11.5. The molecule has 1 amide bonds. The molecule has 21 heavy (non-hydrogen) atoms. The lowest BCUT2D eigenvalue weighted by Gasteiger charge is -2.35. The topological polar surface area (TPSA) is 76.1 Å². The van der Waals surface area contributed by atoms with Gasteiger partial charge in [0.1, 0.15) is 5.75 Å². The van der Waals surface area contributed by atoms with Crippen molar-refractivity contribution in [2.75, 3.05) is 26.9 Å². The van der Waals surface area contributed by atoms with Gasteiger partial charge in [-0.25, -0.2) is 0 Å². The highest BCUT2D eigenvalue weighted by atomic mass is 35.5. The molecule has 1 fully saturated rings. The summed E-state index contributed by atoms with van der Waals surface area (Å²) in [5, 5.41) is 9.40. The molecule has 0 unspecified atom stereocenters. The molecule has 1 aliphatic heterocycles. The number of amides is 1. The number of hydrogen-bond acceptors (Lipinski definition) is 4. The van der Waals surface area contributed by atoms with Crippen molar-refractivity contribution in [2.45, 2.75) is 12.5 Å². The molecule has 1 saturated heterocycles. The smallest absolute Gasteiger partial charge is 0.305 e. The molecule has 1 atom stereocenters. The summed E-state index contributed by atoms with van der Waals surface area (Å²) in [5.74, 6) is -0.877. The van der Waals surface area contributed by atoms with E-state index in [1.165, 1.54) is 12.0 Å². The Morgan fingerprint density at radius 2 is 2.29 bits per heavy atom. The SMILES string of the molecule is COc1cc(Cl)ccc1C(=O)N1CCOC[C@H]1CC(=O)O. The quantitative estimate of drug-likeness (QED) is 0.915. The summed E-state index contributed by atoms with van der Waals surface area (Å²) in [5.41, 5.74) is 0.360. The molecule has 1 N–H and O–H groups in total. The fourth-order valence-corrected chi connectivity index (χ4v) is 2.45. The molecule has 0 saturated carbocycles. The summed E-state index contributed by atoms with van der Waals surface area (Å²) >= 11 is 5.88. The third-order valence-electron chi connectivity index (χ3n) is 3.29. The highest BCUT2D eigenvalue weighted by molar-refractivity contribution is 6.30. The zero-order valence-corrected chi connectivity index (χ0v) is 12.3. The Kier molecular flexibility index (Phi) is 5.03. The van der Waals surface area contributed by atoms with Crippen LogP contribution in [-0.2, 0) is 9.53 Å². The number of hydrogen-bond donors (Lipinski definition) is 1. The molecular weight excluding hydrogens is 298 g/mol. The number of halogens is 1. The predicted molar refractivity (Wildman–Crippen MR) is 75.9 cm³/mol. The van der Waals surface area contributed by atoms with Gasteiger partial charge in [-0.2, -0.15) is 0 Å². The average molecular weight is 314 g/mol. The summed E-state index contributed by atoms with van der Waals surface area (Å²) in [6.45, 7) is 0.953. The van der Waals surface area contributed by atoms with Crippen LogP contribution >= 0.6 is 11.6 Å². The monoisotopic (exact) mass is 313 g/mol. The Bertz CT molecular complexity index is 548. The first kappa shape index (κ1) is 15.6. The van der Waals surface area contributed by atoms with Crippen LogP contribution in [0.2, 0.25) is 5.02 Å². The number of carboxylic acids is 1. The summed E-state index contributed by atoms with van der Waals surface area (Å²) in [7, 11) is 1.45. The lowest BCUT2D eigenvalue weighted by Crippen LogP contribution is -2.49. The number of carbonyl (C=O) groups excluding carboxylic acids is 1. The number of aliphatic carboxylic acids is 1. The van der Waals surface area contributed by atoms with Crippen molar-refractivity contribution in [2.24, 2.45) is 0 Å². The van der Waals surface area contributed by atoms with E-state index in [9.17, 15) is 9.59 Å². The van der Waals surface area contributed by atoms with Crippen LogP contribution in [0, 0.1) is 0 Å². The van der Waals surface area contributed by atoms with E-state index in [0.29, 0.717) is 29.5 Å². The van der Waals surface area contributed by atoms with E-state index in [1.54, 1.807) is 18.2 Å². The number of ether oxygens (including phenoxy) is 2. The van der Waals surface area contributed by atoms with Crippen molar-refractivity contribution in [3.05, 3.63) is 28.8 Å². The molecule has 7 heteroatoms. The third-order valence-corrected chi connectivity index (χ3v) is 3.53. The van der Waals surface area contributed by atoms with E-state index in [4.69, 9.17) is 26.2 Å². The van der Waals surface area contributed by atoms with E-state index in [2.05, 4.69) is 0 Å². The van der Waals surface area contributed by atoms with Crippen LogP contribution in [0.4, 0.5) is 0 Å². The molecule has 0 bridgehead atoms. The molecule has 1 aliphatic rings. The molecule has 1 heterocycles. The molecular formula is C14H16ClNO5. The summed E-state index contributed by atoms with van der Waals surface area (Å²) in [4.78, 5) is 25.1. The molecule has 6 nitrogen and oxygen atoms in total. The number of methoxy groups -OCH3 is 1. The Hall–Kier alpha value is -1.79. The van der Waals surface area contributed by atoms with E-state index < -0.39 is 12.0 Å². The number of nitrogens with zero attached hydrogens (tertiary/aromatic N) is 1. The molecule has 0 aliphatic carbocycles. The minimum absolute atomic E-state index is 0.151. The van der Waals surface area contributed by atoms with Crippen molar-refractivity contribution in [1.82, 2.24) is 4.90 Å². The van der Waals surface area contributed by atoms with Crippen LogP contribution in [-0.4, -0.2) is 54.8 Å². The Balaban J connectivity index is 2.26. The van der Waals surface area contributed by atoms with Crippen molar-refractivity contribution >= 4 is 23.5 Å². The van der Waals surface area contributed by atoms with E-state index in [0.717, 1.165) is 0 Å². The number of carbonyl (C=O) groups is 2. The maximum Gasteiger partial charge on any atom is 0.305 e. The Morgan fingerprint density at radius 1 is 1.52 bits per heavy atom. The lowest BCUT2D eigenvalue weighted by atomic mass is 10.1. The van der Waals surface area contributed by atoms with Gasteiger partial charge < -0.3 is 19.5 Å². The van der Waals surface area contributed by atoms with Crippen LogP contribution in [0.15, 0.2) is 18.2 Å². The van der Waals surface area contributed by atoms with Gasteiger partial charge in [0, 0.05) is 11.6 Å². The fourth-order valence-electron chi connectivity index (χ4n) is 2.29. The zero-order chi connectivity index (χ0) is 15.4. The van der Waals surface area contributed by atoms with Crippen LogP contribution in [0.25, 0.3) is 0 Å². The van der Waals surface area contributed by atoms with Gasteiger partial charge in [0.05, 0.1) is 38.3 Å². The maximum atomic E-state index is 12.6. The summed E-state index contributed by atoms with van der Waals surface area (Å²) < 4.78 is 10.4. The first-order valence-electron chi connectivity index (χ1n) is 6.47. The maximum absolute atomic E-state index is 12.6. The highest BCUT2D eigenvalue weighted by Crippen LogP contribution is 2.26. The Morgan fingerprint density at radius 3 is 2.95 bits per heavy atom. The van der Waals surface area contributed by atoms with Crippen LogP contribution in [0.5, 0.6) is 5.75 Å². The molecule has 0 radical (unpaired) electrons. The molecule has 2 rings (SSSR count). The van der Waals surface area contributed by atoms with Crippen LogP contribution in [0.3, 0.4) is 0 Å². The lowest BCUT2D eigenvalue weighted by molar-refractivity contribution is -0.139. The van der Waals surface area contributed by atoms with Crippen molar-refractivity contribution in [3.63, 3.8) is 0 Å². The van der Waals surface area contributed by atoms with E-state index in [-0.39, 0.29) is 18.9 Å². The van der Waals surface area contributed by atoms with Crippen molar-refractivity contribution < 1.29 is 24.2 Å². The van der Waals surface area contributed by atoms with Gasteiger partial charge in [-0.1, -0.05) is 11.6 Å². The number of carboxylic acid groups (broad SMARTS) is 1. The van der Waals surface area contributed by atoms with E-state index >= 15 is 0 Å². The predicted octanol–water partition coefficient (Wildman–Crippen LogP) is 1.66. The first-order chi connectivity index (χ1) is 10.0. The minimum Gasteiger partial charge on any atom is -0.496 e. The van der Waals surface area contributed by atoms with Crippen LogP contribution in [0.1, 0.15) is 16.8 Å². The molecule has 114 valence electrons. The van der Waals surface area contributed by atoms with Gasteiger partial charge in [0.2, 0.25) is 0 Å². The molecule has 1 aromatic rings. The van der Waals surface area contributed by atoms with E-state index in [1.807, 2.05) is 0 Å². The number of morpholine rings is 1. The summed E-state index contributed by atoms with van der Waals surface area (Å²) in [6, 6.07) is 4.26. The standard InChI is InChI=1S/C14H16ClNO5/c1-20-12-6-9(15)2-3-11(12)14(19)16-4-5-21-8-10(16)7-13(17)18/h2-3,6,10H,4-5,7-8H2,1H3,(H,17,18)/t10-/m1/s1. The van der Waals surface area contributed by atoms with Crippen molar-refractivity contribution in [1.29, 1.82) is 0 Å². The molecule has 1 aromatic carbocycles. The van der Waals surface area contributed by atoms with Gasteiger partial charge in [-0.15, -0.1) is 0 Å². The fraction of sp³-hybridized carbons (Fsp3) is 0.429. The highest BCUT2D eigenvalue weighted by Gasteiger charge is 2.31. The van der Waals surface area contributed by atoms with Crippen LogP contribution < -0.4 is 4.74 Å². The second-order valence-corrected chi connectivity index (χ2v) is 5.11. The van der Waals surface area contributed by atoms with Gasteiger partial charge in [0.15, 0.2) is 0 Å². The minimum atomic E-state index is -0.966. The second-order valence-electron chi connectivity index (χ2n) is 4.67. The normalized spacial score (nSPS) is 18.4. The molecule has 0 spiro atoms. The first-order valence-corrected chi connectivity index (χ1v) is 6.84. The number of rotatable bonds is 4.